The summed E-state index contributed by atoms with van der Waals surface area (Å²) in [4.78, 5) is 0. The zero-order valence-electron chi connectivity index (χ0n) is 12.0. The molecule has 0 fully saturated rings. The van der Waals surface area contributed by atoms with E-state index >= 15 is 0 Å². The number of aryl methyl sites for hydroxylation is 1. The molecular weight excluding hydrogens is 246 g/mol. The smallest absolute Gasteiger partial charge is 0.129 e. The Hall–Kier alpha value is -2.22. The Balaban J connectivity index is 2.15. The highest BCUT2D eigenvalue weighted by Gasteiger charge is 2.24. The molecule has 0 bridgehead atoms. The van der Waals surface area contributed by atoms with Crippen LogP contribution in [0.3, 0.4) is 0 Å². The molecule has 2 heterocycles. The van der Waals surface area contributed by atoms with E-state index in [2.05, 4.69) is 74.0 Å². The molecule has 1 aliphatic heterocycles. The van der Waals surface area contributed by atoms with Crippen LogP contribution in [0.2, 0.25) is 0 Å². The first kappa shape index (κ1) is 11.6. The minimum Gasteiger partial charge on any atom is -0.483 e. The molecular formula is C18H17NO. The van der Waals surface area contributed by atoms with Gasteiger partial charge in [-0.25, -0.2) is 0 Å². The summed E-state index contributed by atoms with van der Waals surface area (Å²) in [6.07, 6.45) is 4.33. The Labute approximate surface area is 118 Å². The van der Waals surface area contributed by atoms with Crippen LogP contribution in [0.1, 0.15) is 19.4 Å². The summed E-state index contributed by atoms with van der Waals surface area (Å²) in [5.74, 6) is 0.968. The minimum absolute atomic E-state index is 0.231. The van der Waals surface area contributed by atoms with Gasteiger partial charge in [0.15, 0.2) is 0 Å². The maximum absolute atomic E-state index is 6.08. The van der Waals surface area contributed by atoms with Crippen LogP contribution in [0, 0.1) is 0 Å². The highest BCUT2D eigenvalue weighted by Crippen LogP contribution is 2.39. The van der Waals surface area contributed by atoms with E-state index in [0.29, 0.717) is 0 Å². The molecule has 100 valence electrons. The van der Waals surface area contributed by atoms with Crippen molar-refractivity contribution in [3.05, 3.63) is 48.0 Å². The number of para-hydroxylation sites is 1. The lowest BCUT2D eigenvalue weighted by atomic mass is 10.00. The monoisotopic (exact) mass is 263 g/mol. The van der Waals surface area contributed by atoms with Gasteiger partial charge in [-0.15, -0.1) is 0 Å². The number of hydrogen-bond acceptors (Lipinski definition) is 1. The van der Waals surface area contributed by atoms with Gasteiger partial charge in [-0.3, -0.25) is 0 Å². The molecule has 4 rings (SSSR count). The van der Waals surface area contributed by atoms with Gasteiger partial charge in [-0.05, 0) is 44.2 Å². The van der Waals surface area contributed by atoms with Crippen LogP contribution < -0.4 is 4.74 Å². The SMILES string of the molecule is Cn1c2ccccc2c2ccc3c(c21)C=CC(C)(C)O3. The van der Waals surface area contributed by atoms with E-state index in [-0.39, 0.29) is 5.60 Å². The minimum atomic E-state index is -0.231. The lowest BCUT2D eigenvalue weighted by Crippen LogP contribution is -2.27. The van der Waals surface area contributed by atoms with Gasteiger partial charge in [0, 0.05) is 28.9 Å². The molecule has 0 aliphatic carbocycles. The number of hydrogen-bond donors (Lipinski definition) is 0. The zero-order valence-corrected chi connectivity index (χ0v) is 12.0. The van der Waals surface area contributed by atoms with Gasteiger partial charge < -0.3 is 9.30 Å². The van der Waals surface area contributed by atoms with Crippen molar-refractivity contribution >= 4 is 27.9 Å². The van der Waals surface area contributed by atoms with E-state index in [1.165, 1.54) is 27.4 Å². The molecule has 0 unspecified atom stereocenters. The third-order valence-electron chi connectivity index (χ3n) is 4.09. The van der Waals surface area contributed by atoms with Crippen LogP contribution in [0.5, 0.6) is 5.75 Å². The van der Waals surface area contributed by atoms with Gasteiger partial charge in [0.2, 0.25) is 0 Å². The Morgan fingerprint density at radius 1 is 1.00 bits per heavy atom. The van der Waals surface area contributed by atoms with Crippen molar-refractivity contribution in [1.29, 1.82) is 0 Å². The Morgan fingerprint density at radius 3 is 2.65 bits per heavy atom. The van der Waals surface area contributed by atoms with E-state index < -0.39 is 0 Å². The molecule has 2 nitrogen and oxygen atoms in total. The first-order chi connectivity index (χ1) is 9.57. The normalized spacial score (nSPS) is 16.4. The molecule has 0 radical (unpaired) electrons. The van der Waals surface area contributed by atoms with Crippen molar-refractivity contribution in [3.63, 3.8) is 0 Å². The molecule has 0 amide bonds. The van der Waals surface area contributed by atoms with Gasteiger partial charge in [-0.2, -0.15) is 0 Å². The predicted molar refractivity (Wildman–Crippen MR) is 84.2 cm³/mol. The Morgan fingerprint density at radius 2 is 1.80 bits per heavy atom. The molecule has 2 heteroatoms. The fourth-order valence-electron chi connectivity index (χ4n) is 3.13. The summed E-state index contributed by atoms with van der Waals surface area (Å²) in [5, 5.41) is 2.58. The lowest BCUT2D eigenvalue weighted by molar-refractivity contribution is 0.159. The molecule has 20 heavy (non-hydrogen) atoms. The molecule has 0 saturated heterocycles. The summed E-state index contributed by atoms with van der Waals surface area (Å²) in [6, 6.07) is 12.8. The standard InChI is InChI=1S/C18H17NO/c1-18(2)11-10-14-16(20-18)9-8-13-12-6-4-5-7-15(12)19(3)17(13)14/h4-11H,1-3H3. The third-order valence-corrected chi connectivity index (χ3v) is 4.09. The van der Waals surface area contributed by atoms with E-state index in [1.54, 1.807) is 0 Å². The largest absolute Gasteiger partial charge is 0.483 e. The Kier molecular flexibility index (Phi) is 2.12. The van der Waals surface area contributed by atoms with Crippen molar-refractivity contribution in [2.75, 3.05) is 0 Å². The summed E-state index contributed by atoms with van der Waals surface area (Å²) >= 11 is 0. The van der Waals surface area contributed by atoms with Crippen LogP contribution in [0.25, 0.3) is 27.9 Å². The van der Waals surface area contributed by atoms with Crippen LogP contribution in [-0.4, -0.2) is 10.2 Å². The molecule has 0 N–H and O–H groups in total. The van der Waals surface area contributed by atoms with Crippen molar-refractivity contribution in [1.82, 2.24) is 4.57 Å². The van der Waals surface area contributed by atoms with Crippen LogP contribution in [0.15, 0.2) is 42.5 Å². The fourth-order valence-corrected chi connectivity index (χ4v) is 3.13. The van der Waals surface area contributed by atoms with Gasteiger partial charge in [0.25, 0.3) is 0 Å². The molecule has 0 atom stereocenters. The summed E-state index contributed by atoms with van der Waals surface area (Å²) in [6.45, 7) is 4.16. The van der Waals surface area contributed by atoms with Crippen molar-refractivity contribution in [3.8, 4) is 5.75 Å². The molecule has 2 aromatic carbocycles. The van der Waals surface area contributed by atoms with Gasteiger partial charge >= 0.3 is 0 Å². The first-order valence-corrected chi connectivity index (χ1v) is 6.95. The average molecular weight is 263 g/mol. The average Bonchev–Trinajstić information content (AvgIpc) is 2.72. The number of aromatic nitrogens is 1. The van der Waals surface area contributed by atoms with Crippen LogP contribution in [-0.2, 0) is 7.05 Å². The number of fused-ring (bicyclic) bond motifs is 5. The lowest BCUT2D eigenvalue weighted by Gasteiger charge is -2.28. The molecule has 3 aromatic rings. The van der Waals surface area contributed by atoms with E-state index in [4.69, 9.17) is 4.74 Å². The van der Waals surface area contributed by atoms with Crippen molar-refractivity contribution < 1.29 is 4.74 Å². The Bertz CT molecular complexity index is 868. The fraction of sp³-hybridized carbons (Fsp3) is 0.222. The van der Waals surface area contributed by atoms with Crippen molar-refractivity contribution in [2.45, 2.75) is 19.4 Å². The maximum Gasteiger partial charge on any atom is 0.129 e. The highest BCUT2D eigenvalue weighted by atomic mass is 16.5. The first-order valence-electron chi connectivity index (χ1n) is 6.95. The van der Waals surface area contributed by atoms with Gasteiger partial charge in [-0.1, -0.05) is 18.2 Å². The number of benzene rings is 2. The second-order valence-electron chi connectivity index (χ2n) is 5.99. The van der Waals surface area contributed by atoms with E-state index in [1.807, 2.05) is 0 Å². The molecule has 0 saturated carbocycles. The molecule has 1 aliphatic rings. The summed E-state index contributed by atoms with van der Waals surface area (Å²) in [7, 11) is 2.12. The topological polar surface area (TPSA) is 14.2 Å². The van der Waals surface area contributed by atoms with Crippen LogP contribution in [0.4, 0.5) is 0 Å². The molecule has 1 aromatic heterocycles. The maximum atomic E-state index is 6.08. The summed E-state index contributed by atoms with van der Waals surface area (Å²) < 4.78 is 8.34. The predicted octanol–water partition coefficient (Wildman–Crippen LogP) is 4.52. The molecule has 0 spiro atoms. The van der Waals surface area contributed by atoms with Crippen molar-refractivity contribution in [2.24, 2.45) is 7.05 Å². The van der Waals surface area contributed by atoms with E-state index in [0.717, 1.165) is 5.75 Å². The third kappa shape index (κ3) is 1.45. The number of nitrogens with zero attached hydrogens (tertiary/aromatic N) is 1. The van der Waals surface area contributed by atoms with Gasteiger partial charge in [0.1, 0.15) is 11.4 Å². The second-order valence-corrected chi connectivity index (χ2v) is 5.99. The highest BCUT2D eigenvalue weighted by molar-refractivity contribution is 6.11. The van der Waals surface area contributed by atoms with Crippen LogP contribution >= 0.6 is 0 Å². The zero-order chi connectivity index (χ0) is 13.9. The quantitative estimate of drug-likeness (QED) is 0.582. The second kappa shape index (κ2) is 3.66. The number of rotatable bonds is 0. The number of ether oxygens (including phenoxy) is 1. The van der Waals surface area contributed by atoms with E-state index in [9.17, 15) is 0 Å². The summed E-state index contributed by atoms with van der Waals surface area (Å²) in [5.41, 5.74) is 3.45. The van der Waals surface area contributed by atoms with Gasteiger partial charge in [0.05, 0.1) is 5.52 Å².